The Morgan fingerprint density at radius 2 is 0.579 bits per heavy atom. The van der Waals surface area contributed by atoms with Crippen molar-refractivity contribution in [3.8, 4) is 51.7 Å². The summed E-state index contributed by atoms with van der Waals surface area (Å²) in [4.78, 5) is 21.6. The van der Waals surface area contributed by atoms with E-state index in [1.165, 1.54) is 103 Å². The molecule has 0 atom stereocenters. The van der Waals surface area contributed by atoms with Gasteiger partial charge in [-0.05, 0) is 196 Å². The van der Waals surface area contributed by atoms with Crippen LogP contribution in [-0.4, -0.2) is 69.5 Å². The zero-order chi connectivity index (χ0) is 84.5. The quantitative estimate of drug-likeness (QED) is 0.0214. The van der Waals surface area contributed by atoms with Crippen LogP contribution in [0.5, 0.6) is 51.7 Å². The average Bonchev–Trinajstić information content (AvgIpc) is 0.793. The lowest BCUT2D eigenvalue weighted by Gasteiger charge is -2.17. The van der Waals surface area contributed by atoms with E-state index in [9.17, 15) is 19.8 Å². The predicted octanol–water partition coefficient (Wildman–Crippen LogP) is 33.8. The fourth-order valence-corrected chi connectivity index (χ4v) is 14.9. The Morgan fingerprint density at radius 1 is 0.289 bits per heavy atom. The summed E-state index contributed by atoms with van der Waals surface area (Å²) in [5.74, 6) is 6.16. The number of rotatable bonds is 44. The van der Waals surface area contributed by atoms with E-state index in [1.807, 2.05) is 42.5 Å². The molecule has 0 saturated carbocycles. The molecule has 0 aliphatic rings. The van der Waals surface area contributed by atoms with Gasteiger partial charge in [0.05, 0.1) is 61.3 Å². The molecule has 11 aromatic carbocycles. The number of carbonyl (C=O) groups is 2. The van der Waals surface area contributed by atoms with Gasteiger partial charge in [-0.15, -0.1) is 0 Å². The maximum Gasteiger partial charge on any atom is 0.169 e. The van der Waals surface area contributed by atoms with Gasteiger partial charge in [-0.1, -0.05) is 324 Å². The average molecular weight is 1970 g/mol. The smallest absolute Gasteiger partial charge is 0.169 e. The largest absolute Gasteiger partial charge is 0.507 e. The predicted molar refractivity (Wildman–Crippen MR) is 535 cm³/mol. The first-order valence-electron chi connectivity index (χ1n) is 42.5. The van der Waals surface area contributed by atoms with Crippen LogP contribution < -0.4 is 33.2 Å². The minimum absolute atomic E-state index is 0. The van der Waals surface area contributed by atoms with E-state index < -0.39 is 0 Å². The molecule has 11 rings (SSSR count). The monoisotopic (exact) mass is 1960 g/mol. The minimum Gasteiger partial charge on any atom is -0.507 e. The van der Waals surface area contributed by atoms with Gasteiger partial charge in [0.1, 0.15) is 46.5 Å². The molecule has 0 heterocycles. The molecule has 0 aliphatic carbocycles. The van der Waals surface area contributed by atoms with Crippen molar-refractivity contribution >= 4 is 160 Å². The molecule has 121 heavy (non-hydrogen) atoms. The van der Waals surface area contributed by atoms with E-state index >= 15 is 0 Å². The van der Waals surface area contributed by atoms with Crippen LogP contribution in [0.15, 0.2) is 204 Å². The molecular weight excluding hydrogens is 1840 g/mol. The Labute approximate surface area is 766 Å². The molecule has 0 fully saturated rings. The summed E-state index contributed by atoms with van der Waals surface area (Å²) in [5.41, 5.74) is 6.08. The van der Waals surface area contributed by atoms with Crippen molar-refractivity contribution < 1.29 is 53.0 Å². The van der Waals surface area contributed by atoms with Crippen LogP contribution in [-0.2, 0) is 11.2 Å². The van der Waals surface area contributed by atoms with Crippen molar-refractivity contribution in [3.05, 3.63) is 238 Å². The minimum atomic E-state index is 0. The van der Waals surface area contributed by atoms with Crippen LogP contribution in [0.3, 0.4) is 0 Å². The normalized spacial score (nSPS) is 10.7. The molecule has 16 heteroatoms. The standard InChI is InChI=1S/C38H42Br2O2.C24H34O4.C22H30Br2O2.C10H8O2.C8H7BrO.3CH4/c1-3-5-7-9-27-41-37-31(17-11-29-13-21-33(39)22-14-29)19-26-36-35(37)25-20-32(38(36)42-28-10-8-6-4-2)18-12-30-15-23-34(40)24-16-30;1-4-6-8-10-16-27-23-19(18-25)12-13-21-20(23)14-15-22(26-3)24(21)28-17-11-9-7-5-2;1-3-5-7-9-15-25-21-17-11-14-20(24)22(18(17)12-13-19(21)23)26-16-10-8-6-4-2;11-9-5-1-3-7-8(9)4-2-6-10(7)12;9-8-3-1-7(2-4-8)5-6-10;;;/h11-26H,3-10,27-28H2,1-2H3;12-15,18H,4-11,16-17H2,1-3H3;11-14H,3-10,15-16H2,1-2H3;1-6,11-12H;1-4,6H,5H2;3*1H4/b17-11+,18-12+;;;;;;;. The Kier molecular flexibility index (Phi) is 53.2. The number of halogens is 5. The van der Waals surface area contributed by atoms with Gasteiger partial charge in [-0.2, -0.15) is 0 Å². The Bertz CT molecular complexity index is 4620. The molecule has 0 unspecified atom stereocenters. The summed E-state index contributed by atoms with van der Waals surface area (Å²) in [7, 11) is 1.65. The number of unbranched alkanes of at least 4 members (excludes halogenated alkanes) is 18. The summed E-state index contributed by atoms with van der Waals surface area (Å²) in [6.07, 6.45) is 39.0. The second-order valence-electron chi connectivity index (χ2n) is 29.1. The highest BCUT2D eigenvalue weighted by Gasteiger charge is 2.19. The molecule has 0 amide bonds. The van der Waals surface area contributed by atoms with Crippen LogP contribution in [0, 0.1) is 0 Å². The molecular formula is C105H133Br5O11. The lowest BCUT2D eigenvalue weighted by molar-refractivity contribution is -0.107. The second-order valence-corrected chi connectivity index (χ2v) is 33.5. The summed E-state index contributed by atoms with van der Waals surface area (Å²) < 4.78 is 48.2. The Hall–Kier alpha value is -8.12. The lowest BCUT2D eigenvalue weighted by Crippen LogP contribution is -2.03. The molecule has 0 aromatic heterocycles. The number of methoxy groups -OCH3 is 1. The molecule has 0 spiro atoms. The van der Waals surface area contributed by atoms with Crippen LogP contribution in [0.25, 0.3) is 67.4 Å². The Balaban J connectivity index is 0.000000341. The van der Waals surface area contributed by atoms with Crippen molar-refractivity contribution in [3.63, 3.8) is 0 Å². The first-order valence-corrected chi connectivity index (χ1v) is 46.4. The molecule has 0 aliphatic heterocycles. The second kappa shape index (κ2) is 61.2. The fourth-order valence-electron chi connectivity index (χ4n) is 13.2. The molecule has 654 valence electrons. The number of phenolic OH excluding ortho intramolecular Hbond substituents is 2. The third kappa shape index (κ3) is 35.6. The number of hydrogen-bond donors (Lipinski definition) is 2. The van der Waals surface area contributed by atoms with Gasteiger partial charge in [-0.3, -0.25) is 4.79 Å². The highest BCUT2D eigenvalue weighted by atomic mass is 79.9. The fraction of sp³-hybridized carbons (Fsp3) is 0.390. The third-order valence-corrected chi connectivity index (χ3v) is 22.7. The van der Waals surface area contributed by atoms with Crippen LogP contribution >= 0.6 is 79.6 Å². The summed E-state index contributed by atoms with van der Waals surface area (Å²) in [6.45, 7) is 17.5. The van der Waals surface area contributed by atoms with Crippen LogP contribution in [0.2, 0.25) is 0 Å². The summed E-state index contributed by atoms with van der Waals surface area (Å²) in [6, 6.07) is 59.2. The van der Waals surface area contributed by atoms with E-state index in [4.69, 9.17) is 33.2 Å². The molecule has 11 nitrogen and oxygen atoms in total. The van der Waals surface area contributed by atoms with Gasteiger partial charge in [0.15, 0.2) is 17.8 Å². The van der Waals surface area contributed by atoms with E-state index in [0.29, 0.717) is 60.7 Å². The van der Waals surface area contributed by atoms with Gasteiger partial charge >= 0.3 is 0 Å². The topological polar surface area (TPSA) is 139 Å². The molecule has 2 N–H and O–H groups in total. The van der Waals surface area contributed by atoms with Crippen LogP contribution in [0.1, 0.15) is 256 Å². The van der Waals surface area contributed by atoms with E-state index in [-0.39, 0.29) is 33.8 Å². The summed E-state index contributed by atoms with van der Waals surface area (Å²) in [5, 5.41) is 26.3. The van der Waals surface area contributed by atoms with Crippen molar-refractivity contribution in [2.45, 2.75) is 224 Å². The molecule has 11 aromatic rings. The zero-order valence-corrected chi connectivity index (χ0v) is 78.1. The maximum atomic E-state index is 11.6. The SMILES string of the molecule is C.C.C.CCCCCCOc1c(/C=C/c2ccc(Br)cc2)ccc2c(OCCCCCC)c(/C=C/c3ccc(Br)cc3)ccc12.CCCCCCOc1c(Br)ccc2c(OCCCCCC)c(Br)ccc12.CCCCCCOc1c(C=O)ccc2c(OCCCCCC)c(OC)ccc12.O=CCc1ccc(Br)cc1.Oc1cccc2c(O)cccc12. The van der Waals surface area contributed by atoms with E-state index in [1.54, 1.807) is 49.6 Å². The van der Waals surface area contributed by atoms with Crippen molar-refractivity contribution in [2.24, 2.45) is 0 Å². The first-order chi connectivity index (χ1) is 57.6. The number of phenols is 2. The number of hydrogen-bond acceptors (Lipinski definition) is 11. The van der Waals surface area contributed by atoms with Gasteiger partial charge in [0.25, 0.3) is 0 Å². The van der Waals surface area contributed by atoms with Crippen molar-refractivity contribution in [2.75, 3.05) is 46.8 Å². The van der Waals surface area contributed by atoms with Gasteiger partial charge in [-0.25, -0.2) is 0 Å². The number of carbonyl (C=O) groups excluding carboxylic acids is 2. The molecule has 0 radical (unpaired) electrons. The van der Waals surface area contributed by atoms with Gasteiger partial charge in [0, 0.05) is 74.1 Å². The number of aldehydes is 2. The van der Waals surface area contributed by atoms with Gasteiger partial charge < -0.3 is 48.2 Å². The Morgan fingerprint density at radius 3 is 0.909 bits per heavy atom. The van der Waals surface area contributed by atoms with Crippen LogP contribution in [0.4, 0.5) is 0 Å². The van der Waals surface area contributed by atoms with Crippen molar-refractivity contribution in [1.82, 2.24) is 0 Å². The maximum absolute atomic E-state index is 11.6. The highest BCUT2D eigenvalue weighted by molar-refractivity contribution is 9.11. The number of fused-ring (bicyclic) bond motifs is 4. The number of benzene rings is 11. The highest BCUT2D eigenvalue weighted by Crippen LogP contribution is 2.44. The van der Waals surface area contributed by atoms with E-state index in [0.717, 1.165) is 188 Å². The number of ether oxygens (including phenoxy) is 7. The third-order valence-electron chi connectivity index (χ3n) is 19.8. The first kappa shape index (κ1) is 105. The van der Waals surface area contributed by atoms with E-state index in [2.05, 4.69) is 243 Å². The molecule has 0 bridgehead atoms. The lowest BCUT2D eigenvalue weighted by atomic mass is 9.99. The number of aromatic hydroxyl groups is 2. The molecule has 0 saturated heterocycles. The summed E-state index contributed by atoms with van der Waals surface area (Å²) >= 11 is 17.7. The zero-order valence-electron chi connectivity index (χ0n) is 70.2. The van der Waals surface area contributed by atoms with Gasteiger partial charge in [0.2, 0.25) is 0 Å². The van der Waals surface area contributed by atoms with Crippen molar-refractivity contribution in [1.29, 1.82) is 0 Å².